The first-order valence-corrected chi connectivity index (χ1v) is 11.1. The Bertz CT molecular complexity index is 886. The van der Waals surface area contributed by atoms with Gasteiger partial charge >= 0.3 is 5.97 Å². The summed E-state index contributed by atoms with van der Waals surface area (Å²) in [6, 6.07) is 17.1. The Morgan fingerprint density at radius 2 is 1.70 bits per heavy atom. The van der Waals surface area contributed by atoms with Crippen molar-refractivity contribution in [3.63, 3.8) is 0 Å². The molecule has 0 spiro atoms. The Kier molecular flexibility index (Phi) is 6.14. The average molecular weight is 426 g/mol. The zero-order valence-electron chi connectivity index (χ0n) is 17.4. The zero-order valence-corrected chi connectivity index (χ0v) is 18.1. The number of nitrogens with one attached hydrogen (secondary N) is 1. The van der Waals surface area contributed by atoms with Gasteiger partial charge in [-0.2, -0.15) is 0 Å². The van der Waals surface area contributed by atoms with Gasteiger partial charge in [-0.05, 0) is 72.8 Å². The molecule has 2 aliphatic carbocycles. The van der Waals surface area contributed by atoms with E-state index in [0.29, 0.717) is 34.3 Å². The Labute approximate surface area is 183 Å². The molecule has 158 valence electrons. The molecule has 6 atom stereocenters. The largest absolute Gasteiger partial charge is 0.469 e. The van der Waals surface area contributed by atoms with Crippen molar-refractivity contribution in [1.29, 1.82) is 0 Å². The van der Waals surface area contributed by atoms with Crippen LogP contribution in [0, 0.1) is 23.7 Å². The number of hydrogen-bond donors (Lipinski definition) is 1. The summed E-state index contributed by atoms with van der Waals surface area (Å²) in [7, 11) is 1.47. The first kappa shape index (κ1) is 20.9. The normalized spacial score (nSPS) is 26.4. The number of carbonyl (C=O) groups excluding carboxylic acids is 2. The third-order valence-corrected chi connectivity index (χ3v) is 7.21. The molecular weight excluding hydrogens is 398 g/mol. The van der Waals surface area contributed by atoms with Gasteiger partial charge in [0, 0.05) is 16.6 Å². The van der Waals surface area contributed by atoms with Gasteiger partial charge in [0.25, 0.3) is 5.91 Å². The number of amides is 1. The number of carbonyl (C=O) groups is 2. The number of hydrogen-bond acceptors (Lipinski definition) is 3. The van der Waals surface area contributed by atoms with E-state index in [2.05, 4.69) is 12.2 Å². The average Bonchev–Trinajstić information content (AvgIpc) is 3.25. The molecule has 1 amide bonds. The maximum atomic E-state index is 12.6. The van der Waals surface area contributed by atoms with Gasteiger partial charge < -0.3 is 10.1 Å². The van der Waals surface area contributed by atoms with E-state index in [1.807, 2.05) is 30.3 Å². The van der Waals surface area contributed by atoms with E-state index in [-0.39, 0.29) is 23.8 Å². The predicted molar refractivity (Wildman–Crippen MR) is 117 cm³/mol. The molecule has 1 N–H and O–H groups in total. The van der Waals surface area contributed by atoms with Crippen molar-refractivity contribution in [1.82, 2.24) is 5.32 Å². The second-order valence-corrected chi connectivity index (χ2v) is 8.98. The first-order valence-electron chi connectivity index (χ1n) is 10.7. The lowest BCUT2D eigenvalue weighted by Gasteiger charge is -2.26. The number of esters is 1. The summed E-state index contributed by atoms with van der Waals surface area (Å²) in [6.07, 6.45) is 2.93. The van der Waals surface area contributed by atoms with Crippen LogP contribution < -0.4 is 5.32 Å². The fourth-order valence-corrected chi connectivity index (χ4v) is 5.64. The summed E-state index contributed by atoms with van der Waals surface area (Å²) in [5.41, 5.74) is 1.67. The van der Waals surface area contributed by atoms with E-state index in [0.717, 1.165) is 24.8 Å². The predicted octanol–water partition coefficient (Wildman–Crippen LogP) is 5.08. The number of halogens is 1. The van der Waals surface area contributed by atoms with Crippen LogP contribution >= 0.6 is 11.6 Å². The fourth-order valence-electron chi connectivity index (χ4n) is 5.51. The molecule has 30 heavy (non-hydrogen) atoms. The molecule has 4 rings (SSSR count). The highest BCUT2D eigenvalue weighted by Gasteiger charge is 2.60. The molecule has 0 radical (unpaired) electrons. The lowest BCUT2D eigenvalue weighted by molar-refractivity contribution is -0.144. The monoisotopic (exact) mass is 425 g/mol. The van der Waals surface area contributed by atoms with Crippen LogP contribution in [-0.4, -0.2) is 25.0 Å². The summed E-state index contributed by atoms with van der Waals surface area (Å²) in [5.74, 6) is 1.55. The quantitative estimate of drug-likeness (QED) is 0.629. The third kappa shape index (κ3) is 4.11. The fraction of sp³-hybridized carbons (Fsp3) is 0.440. The molecule has 0 unspecified atom stereocenters. The molecule has 0 heterocycles. The van der Waals surface area contributed by atoms with Gasteiger partial charge in [-0.15, -0.1) is 0 Å². The van der Waals surface area contributed by atoms with Crippen molar-refractivity contribution >= 4 is 23.5 Å². The van der Waals surface area contributed by atoms with Crippen LogP contribution in [0.5, 0.6) is 0 Å². The highest BCUT2D eigenvalue weighted by molar-refractivity contribution is 6.30. The summed E-state index contributed by atoms with van der Waals surface area (Å²) >= 11 is 5.93. The first-order chi connectivity index (χ1) is 14.5. The maximum absolute atomic E-state index is 12.6. The molecule has 0 aromatic heterocycles. The minimum Gasteiger partial charge on any atom is -0.469 e. The van der Waals surface area contributed by atoms with Gasteiger partial charge in [0.1, 0.15) is 0 Å². The van der Waals surface area contributed by atoms with Crippen LogP contribution in [0.3, 0.4) is 0 Å². The van der Waals surface area contributed by atoms with Crippen molar-refractivity contribution < 1.29 is 14.3 Å². The maximum Gasteiger partial charge on any atom is 0.313 e. The Hall–Kier alpha value is -2.33. The molecule has 2 aliphatic rings. The Morgan fingerprint density at radius 3 is 2.27 bits per heavy atom. The number of fused-ring (bicyclic) bond motifs is 1. The molecule has 5 heteroatoms. The second kappa shape index (κ2) is 8.81. The highest BCUT2D eigenvalue weighted by Crippen LogP contribution is 2.63. The summed E-state index contributed by atoms with van der Waals surface area (Å²) < 4.78 is 5.13. The molecule has 2 fully saturated rings. The summed E-state index contributed by atoms with van der Waals surface area (Å²) in [5, 5.41) is 3.85. The van der Waals surface area contributed by atoms with Crippen molar-refractivity contribution in [3.8, 4) is 0 Å². The molecule has 0 aliphatic heterocycles. The third-order valence-electron chi connectivity index (χ3n) is 6.96. The molecule has 0 saturated heterocycles. The van der Waals surface area contributed by atoms with Gasteiger partial charge in [-0.1, -0.05) is 48.9 Å². The molecule has 0 bridgehead atoms. The van der Waals surface area contributed by atoms with Crippen LogP contribution in [0.4, 0.5) is 0 Å². The minimum absolute atomic E-state index is 0.0447. The lowest BCUT2D eigenvalue weighted by Crippen LogP contribution is -2.37. The van der Waals surface area contributed by atoms with Crippen LogP contribution in [-0.2, 0) is 9.53 Å². The van der Waals surface area contributed by atoms with Crippen LogP contribution in [0.1, 0.15) is 48.0 Å². The van der Waals surface area contributed by atoms with E-state index in [4.69, 9.17) is 16.3 Å². The van der Waals surface area contributed by atoms with E-state index >= 15 is 0 Å². The number of rotatable bonds is 7. The van der Waals surface area contributed by atoms with Gasteiger partial charge in [0.05, 0.1) is 13.0 Å². The summed E-state index contributed by atoms with van der Waals surface area (Å²) in [6.45, 7) is 2.12. The van der Waals surface area contributed by atoms with Crippen LogP contribution in [0.15, 0.2) is 54.6 Å². The van der Waals surface area contributed by atoms with E-state index in [1.54, 1.807) is 24.3 Å². The van der Waals surface area contributed by atoms with Gasteiger partial charge in [0.2, 0.25) is 0 Å². The number of benzene rings is 2. The highest BCUT2D eigenvalue weighted by atomic mass is 35.5. The lowest BCUT2D eigenvalue weighted by atomic mass is 9.81. The topological polar surface area (TPSA) is 55.4 Å². The van der Waals surface area contributed by atoms with Crippen molar-refractivity contribution in [2.75, 3.05) is 7.11 Å². The van der Waals surface area contributed by atoms with Gasteiger partial charge in [-0.25, -0.2) is 0 Å². The molecule has 4 nitrogen and oxygen atoms in total. The SMILES string of the molecule is CC[C@@H](NC(=O)c1ccc(Cl)cc1)[C@H]1[C@@H]2C[C@@H]([C@H](C(=O)OC)c3ccccc3)C[C@@H]21. The van der Waals surface area contributed by atoms with Crippen molar-refractivity contribution in [3.05, 3.63) is 70.7 Å². The Morgan fingerprint density at radius 1 is 1.07 bits per heavy atom. The minimum atomic E-state index is -0.201. The van der Waals surface area contributed by atoms with Gasteiger partial charge in [0.15, 0.2) is 0 Å². The second-order valence-electron chi connectivity index (χ2n) is 8.54. The van der Waals surface area contributed by atoms with E-state index < -0.39 is 0 Å². The molecular formula is C25H28ClNO3. The van der Waals surface area contributed by atoms with Crippen molar-refractivity contribution in [2.24, 2.45) is 23.7 Å². The van der Waals surface area contributed by atoms with Crippen LogP contribution in [0.25, 0.3) is 0 Å². The van der Waals surface area contributed by atoms with E-state index in [9.17, 15) is 9.59 Å². The smallest absolute Gasteiger partial charge is 0.313 e. The number of ether oxygens (including phenoxy) is 1. The molecule has 2 aromatic carbocycles. The van der Waals surface area contributed by atoms with Crippen LogP contribution in [0.2, 0.25) is 5.02 Å². The number of methoxy groups -OCH3 is 1. The summed E-state index contributed by atoms with van der Waals surface area (Å²) in [4.78, 5) is 25.2. The molecule has 2 saturated carbocycles. The zero-order chi connectivity index (χ0) is 21.3. The Balaban J connectivity index is 1.40. The standard InChI is InChI=1S/C25H28ClNO3/c1-3-21(27-24(28)16-9-11-18(26)12-10-16)23-19-13-17(14-20(19)23)22(25(29)30-2)15-7-5-4-6-8-15/h4-12,17,19-23H,3,13-14H2,1-2H3,(H,27,28)/t17-,19-,20+,21-,22-,23+/m1/s1. The van der Waals surface area contributed by atoms with E-state index in [1.165, 1.54) is 7.11 Å². The molecule has 2 aromatic rings. The van der Waals surface area contributed by atoms with Gasteiger partial charge in [-0.3, -0.25) is 9.59 Å². The van der Waals surface area contributed by atoms with Crippen molar-refractivity contribution in [2.45, 2.75) is 38.1 Å².